The largest absolute Gasteiger partial charge is 0.444 e. The standard InChI is InChI=1S/C13H17BNO3/c1-13(2,3)17-12(16)15-8-11-9-6-4-5-7-10(9)14-18-11/h4-7,11H,8H2,1-3H3,(H,15,16). The highest BCUT2D eigenvalue weighted by Crippen LogP contribution is 2.19. The first-order valence-corrected chi connectivity index (χ1v) is 6.00. The van der Waals surface area contributed by atoms with Crippen LogP contribution in [0.5, 0.6) is 0 Å². The van der Waals surface area contributed by atoms with E-state index in [0.29, 0.717) is 6.54 Å². The minimum atomic E-state index is -0.481. The molecule has 1 N–H and O–H groups in total. The first kappa shape index (κ1) is 13.0. The molecule has 0 aliphatic carbocycles. The van der Waals surface area contributed by atoms with E-state index in [-0.39, 0.29) is 6.10 Å². The molecule has 18 heavy (non-hydrogen) atoms. The van der Waals surface area contributed by atoms with E-state index < -0.39 is 11.7 Å². The number of hydrogen-bond donors (Lipinski definition) is 1. The molecule has 1 aliphatic rings. The monoisotopic (exact) mass is 246 g/mol. The highest BCUT2D eigenvalue weighted by molar-refractivity contribution is 6.49. The van der Waals surface area contributed by atoms with Crippen molar-refractivity contribution in [2.75, 3.05) is 6.54 Å². The molecule has 1 aromatic rings. The van der Waals surface area contributed by atoms with E-state index in [0.717, 1.165) is 11.0 Å². The van der Waals surface area contributed by atoms with E-state index in [1.807, 2.05) is 45.0 Å². The summed E-state index contributed by atoms with van der Waals surface area (Å²) in [5.41, 5.74) is 1.67. The van der Waals surface area contributed by atoms with Crippen LogP contribution in [-0.2, 0) is 9.39 Å². The molecule has 0 aromatic heterocycles. The Kier molecular flexibility index (Phi) is 3.61. The fourth-order valence-electron chi connectivity index (χ4n) is 1.79. The number of carbonyl (C=O) groups is 1. The number of alkyl carbamates (subject to hydrolysis) is 1. The van der Waals surface area contributed by atoms with Crippen LogP contribution in [0.2, 0.25) is 0 Å². The summed E-state index contributed by atoms with van der Waals surface area (Å²) in [5, 5.41) is 2.72. The lowest BCUT2D eigenvalue weighted by Crippen LogP contribution is -2.34. The van der Waals surface area contributed by atoms with Gasteiger partial charge in [-0.1, -0.05) is 24.3 Å². The van der Waals surface area contributed by atoms with Gasteiger partial charge in [0.25, 0.3) is 0 Å². The van der Waals surface area contributed by atoms with Crippen molar-refractivity contribution in [2.45, 2.75) is 32.5 Å². The number of carbonyl (C=O) groups excluding carboxylic acids is 1. The van der Waals surface area contributed by atoms with Gasteiger partial charge in [0.2, 0.25) is 0 Å². The SMILES string of the molecule is CC(C)(C)OC(=O)NCC1O[B]c2ccccc21. The number of hydrogen-bond acceptors (Lipinski definition) is 3. The van der Waals surface area contributed by atoms with Crippen LogP contribution in [0, 0.1) is 0 Å². The van der Waals surface area contributed by atoms with Crippen molar-refractivity contribution in [1.82, 2.24) is 5.32 Å². The summed E-state index contributed by atoms with van der Waals surface area (Å²) in [6.07, 6.45) is -0.552. The lowest BCUT2D eigenvalue weighted by atomic mass is 9.87. The fraction of sp³-hybridized carbons (Fsp3) is 0.462. The molecule has 0 spiro atoms. The first-order valence-electron chi connectivity index (χ1n) is 6.00. The average Bonchev–Trinajstić information content (AvgIpc) is 2.67. The Morgan fingerprint density at radius 3 is 2.89 bits per heavy atom. The zero-order valence-electron chi connectivity index (χ0n) is 10.9. The summed E-state index contributed by atoms with van der Waals surface area (Å²) in [6.45, 7) is 5.91. The number of nitrogens with one attached hydrogen (secondary N) is 1. The third kappa shape index (κ3) is 3.26. The Hall–Kier alpha value is -1.49. The van der Waals surface area contributed by atoms with Crippen molar-refractivity contribution in [3.63, 3.8) is 0 Å². The number of ether oxygens (including phenoxy) is 1. The Morgan fingerprint density at radius 1 is 1.44 bits per heavy atom. The van der Waals surface area contributed by atoms with Gasteiger partial charge < -0.3 is 14.7 Å². The van der Waals surface area contributed by atoms with Crippen molar-refractivity contribution in [2.24, 2.45) is 0 Å². The summed E-state index contributed by atoms with van der Waals surface area (Å²) in [5.74, 6) is 0. The van der Waals surface area contributed by atoms with Crippen LogP contribution in [-0.4, -0.2) is 25.7 Å². The molecular formula is C13H17BNO3. The molecule has 1 aliphatic heterocycles. The summed E-state index contributed by atoms with van der Waals surface area (Å²) >= 11 is 0. The van der Waals surface area contributed by atoms with Crippen LogP contribution in [0.15, 0.2) is 24.3 Å². The van der Waals surface area contributed by atoms with Gasteiger partial charge in [-0.3, -0.25) is 0 Å². The molecule has 4 nitrogen and oxygen atoms in total. The predicted octanol–water partition coefficient (Wildman–Crippen LogP) is 1.53. The maximum Gasteiger partial charge on any atom is 0.407 e. The van der Waals surface area contributed by atoms with E-state index in [1.165, 1.54) is 0 Å². The molecule has 0 fully saturated rings. The smallest absolute Gasteiger partial charge is 0.407 e. The highest BCUT2D eigenvalue weighted by atomic mass is 16.6. The van der Waals surface area contributed by atoms with Crippen LogP contribution in [0.25, 0.3) is 0 Å². The number of fused-ring (bicyclic) bond motifs is 1. The predicted molar refractivity (Wildman–Crippen MR) is 69.9 cm³/mol. The van der Waals surface area contributed by atoms with Crippen molar-refractivity contribution in [3.8, 4) is 0 Å². The Balaban J connectivity index is 1.87. The van der Waals surface area contributed by atoms with E-state index in [4.69, 9.17) is 9.39 Å². The normalized spacial score (nSPS) is 17.8. The Labute approximate surface area is 108 Å². The molecule has 0 saturated heterocycles. The van der Waals surface area contributed by atoms with Crippen LogP contribution >= 0.6 is 0 Å². The minimum Gasteiger partial charge on any atom is -0.444 e. The minimum absolute atomic E-state index is 0.131. The lowest BCUT2D eigenvalue weighted by Gasteiger charge is -2.21. The molecule has 1 aromatic carbocycles. The summed E-state index contributed by atoms with van der Waals surface area (Å²) in [7, 11) is 1.72. The van der Waals surface area contributed by atoms with Gasteiger partial charge in [-0.25, -0.2) is 4.79 Å². The van der Waals surface area contributed by atoms with E-state index in [1.54, 1.807) is 7.48 Å². The summed E-state index contributed by atoms with van der Waals surface area (Å²) < 4.78 is 10.7. The van der Waals surface area contributed by atoms with E-state index in [2.05, 4.69) is 5.32 Å². The second-order valence-electron chi connectivity index (χ2n) is 5.25. The van der Waals surface area contributed by atoms with Gasteiger partial charge in [0.1, 0.15) is 5.60 Å². The van der Waals surface area contributed by atoms with Gasteiger partial charge in [-0.2, -0.15) is 0 Å². The summed E-state index contributed by atoms with van der Waals surface area (Å²) in [4.78, 5) is 11.5. The van der Waals surface area contributed by atoms with Crippen LogP contribution in [0.3, 0.4) is 0 Å². The molecule has 1 unspecified atom stereocenters. The average molecular weight is 246 g/mol. The van der Waals surface area contributed by atoms with Gasteiger partial charge in [0, 0.05) is 6.54 Å². The Morgan fingerprint density at radius 2 is 2.17 bits per heavy atom. The first-order chi connectivity index (χ1) is 8.46. The molecule has 2 rings (SSSR count). The molecule has 95 valence electrons. The molecule has 1 atom stereocenters. The van der Waals surface area contributed by atoms with Gasteiger partial charge in [-0.15, -0.1) is 0 Å². The lowest BCUT2D eigenvalue weighted by molar-refractivity contribution is 0.0504. The second-order valence-corrected chi connectivity index (χ2v) is 5.25. The maximum atomic E-state index is 11.5. The third-order valence-corrected chi connectivity index (χ3v) is 2.53. The molecule has 1 amide bonds. The van der Waals surface area contributed by atoms with Crippen LogP contribution in [0.1, 0.15) is 32.4 Å². The van der Waals surface area contributed by atoms with Gasteiger partial charge in [0.15, 0.2) is 0 Å². The van der Waals surface area contributed by atoms with Crippen molar-refractivity contribution in [1.29, 1.82) is 0 Å². The van der Waals surface area contributed by atoms with E-state index >= 15 is 0 Å². The maximum absolute atomic E-state index is 11.5. The van der Waals surface area contributed by atoms with Crippen LogP contribution in [0.4, 0.5) is 4.79 Å². The van der Waals surface area contributed by atoms with Crippen molar-refractivity contribution < 1.29 is 14.2 Å². The number of rotatable bonds is 2. The zero-order chi connectivity index (χ0) is 13.2. The topological polar surface area (TPSA) is 47.6 Å². The number of amides is 1. The molecule has 0 saturated carbocycles. The zero-order valence-corrected chi connectivity index (χ0v) is 10.9. The number of benzene rings is 1. The molecule has 1 radical (unpaired) electrons. The quantitative estimate of drug-likeness (QED) is 0.805. The summed E-state index contributed by atoms with van der Waals surface area (Å²) in [6, 6.07) is 7.91. The Bertz CT molecular complexity index is 442. The van der Waals surface area contributed by atoms with Gasteiger partial charge in [-0.05, 0) is 31.8 Å². The van der Waals surface area contributed by atoms with E-state index in [9.17, 15) is 4.79 Å². The molecule has 1 heterocycles. The van der Waals surface area contributed by atoms with Crippen molar-refractivity contribution in [3.05, 3.63) is 29.8 Å². The van der Waals surface area contributed by atoms with Gasteiger partial charge in [0.05, 0.1) is 6.10 Å². The molecule has 0 bridgehead atoms. The molecular weight excluding hydrogens is 229 g/mol. The fourth-order valence-corrected chi connectivity index (χ4v) is 1.79. The van der Waals surface area contributed by atoms with Crippen LogP contribution < -0.4 is 10.8 Å². The van der Waals surface area contributed by atoms with Crippen molar-refractivity contribution >= 4 is 19.0 Å². The second kappa shape index (κ2) is 5.02. The highest BCUT2D eigenvalue weighted by Gasteiger charge is 2.25. The molecule has 5 heteroatoms. The van der Waals surface area contributed by atoms with Gasteiger partial charge >= 0.3 is 13.6 Å². The third-order valence-electron chi connectivity index (χ3n) is 2.53.